The van der Waals surface area contributed by atoms with Crippen molar-refractivity contribution < 1.29 is 14.3 Å². The van der Waals surface area contributed by atoms with Gasteiger partial charge in [-0.25, -0.2) is 9.78 Å². The Bertz CT molecular complexity index is 1580. The van der Waals surface area contributed by atoms with Crippen LogP contribution in [0, 0.1) is 0 Å². The second-order valence-electron chi connectivity index (χ2n) is 11.1. The number of fused-ring (bicyclic) bond motifs is 1. The molecule has 2 saturated heterocycles. The number of rotatable bonds is 7. The standard InChI is InChI=1S/C31H34Cl2N8O3/c1-4-28(42)39-8-7-24(19-39)41-29-20(18-40(31(41)43)25-14-21(32)13-22(33)15-25)17-34-30(36-29)35-26-6-5-23(16-27(26)44-3)38-11-9-37(2)10-12-38/h4-6,13-17,24H,1,7-12,18-19H2,2-3H3,(H,34,35,36)/t24-/m0/s1. The first-order chi connectivity index (χ1) is 21.2. The van der Waals surface area contributed by atoms with Crippen LogP contribution >= 0.6 is 23.2 Å². The van der Waals surface area contributed by atoms with Crippen LogP contribution in [0.1, 0.15) is 12.0 Å². The second kappa shape index (κ2) is 12.5. The van der Waals surface area contributed by atoms with Crippen LogP contribution in [0.25, 0.3) is 0 Å². The van der Waals surface area contributed by atoms with Crippen molar-refractivity contribution in [2.24, 2.45) is 0 Å². The van der Waals surface area contributed by atoms with Gasteiger partial charge >= 0.3 is 6.03 Å². The molecule has 13 heteroatoms. The molecule has 2 fully saturated rings. The number of nitrogens with one attached hydrogen (secondary N) is 1. The van der Waals surface area contributed by atoms with Gasteiger partial charge in [-0.15, -0.1) is 0 Å². The zero-order valence-electron chi connectivity index (χ0n) is 24.7. The summed E-state index contributed by atoms with van der Waals surface area (Å²) in [4.78, 5) is 45.6. The molecule has 0 spiro atoms. The number of hydrogen-bond acceptors (Lipinski definition) is 8. The van der Waals surface area contributed by atoms with Gasteiger partial charge in [-0.2, -0.15) is 4.98 Å². The van der Waals surface area contributed by atoms with Gasteiger partial charge in [-0.05, 0) is 49.9 Å². The van der Waals surface area contributed by atoms with E-state index in [-0.39, 0.29) is 24.5 Å². The van der Waals surface area contributed by atoms with E-state index in [2.05, 4.69) is 39.8 Å². The first kappa shape index (κ1) is 30.0. The number of halogens is 2. The monoisotopic (exact) mass is 636 g/mol. The highest BCUT2D eigenvalue weighted by atomic mass is 35.5. The van der Waals surface area contributed by atoms with Gasteiger partial charge in [0.2, 0.25) is 11.9 Å². The van der Waals surface area contributed by atoms with Crippen LogP contribution in [0.5, 0.6) is 5.75 Å². The average Bonchev–Trinajstić information content (AvgIpc) is 3.50. The number of carbonyl (C=O) groups is 2. The van der Waals surface area contributed by atoms with Crippen molar-refractivity contribution >= 4 is 64.0 Å². The smallest absolute Gasteiger partial charge is 0.330 e. The molecule has 44 heavy (non-hydrogen) atoms. The first-order valence-electron chi connectivity index (χ1n) is 14.5. The Morgan fingerprint density at radius 3 is 2.52 bits per heavy atom. The summed E-state index contributed by atoms with van der Waals surface area (Å²) in [6.07, 6.45) is 3.60. The number of anilines is 5. The Hall–Kier alpha value is -4.06. The van der Waals surface area contributed by atoms with Gasteiger partial charge in [-0.1, -0.05) is 29.8 Å². The van der Waals surface area contributed by atoms with E-state index in [1.165, 1.54) is 6.08 Å². The number of carbonyl (C=O) groups excluding carboxylic acids is 2. The minimum atomic E-state index is -0.303. The number of ether oxygens (including phenoxy) is 1. The highest BCUT2D eigenvalue weighted by Crippen LogP contribution is 2.37. The molecular weight excluding hydrogens is 603 g/mol. The maximum atomic E-state index is 14.2. The van der Waals surface area contributed by atoms with Crippen molar-refractivity contribution in [2.45, 2.75) is 19.0 Å². The van der Waals surface area contributed by atoms with E-state index in [1.54, 1.807) is 46.2 Å². The second-order valence-corrected chi connectivity index (χ2v) is 12.0. The highest BCUT2D eigenvalue weighted by molar-refractivity contribution is 6.35. The Labute approximate surface area is 266 Å². The van der Waals surface area contributed by atoms with E-state index in [1.807, 2.05) is 12.1 Å². The fourth-order valence-electron chi connectivity index (χ4n) is 5.91. The molecule has 6 rings (SSSR count). The fourth-order valence-corrected chi connectivity index (χ4v) is 6.42. The Morgan fingerprint density at radius 1 is 1.07 bits per heavy atom. The lowest BCUT2D eigenvalue weighted by Gasteiger charge is -2.39. The Morgan fingerprint density at radius 2 is 1.82 bits per heavy atom. The number of amides is 3. The van der Waals surface area contributed by atoms with E-state index in [9.17, 15) is 9.59 Å². The van der Waals surface area contributed by atoms with Crippen molar-refractivity contribution in [3.05, 3.63) is 70.9 Å². The van der Waals surface area contributed by atoms with Crippen LogP contribution in [0.4, 0.5) is 33.6 Å². The van der Waals surface area contributed by atoms with Gasteiger partial charge in [0.1, 0.15) is 11.6 Å². The quantitative estimate of drug-likeness (QED) is 0.361. The third-order valence-corrected chi connectivity index (χ3v) is 8.75. The molecule has 1 atom stereocenters. The number of aromatic nitrogens is 2. The number of methoxy groups -OCH3 is 1. The van der Waals surface area contributed by atoms with Crippen LogP contribution < -0.4 is 24.8 Å². The topological polar surface area (TPSA) is 97.4 Å². The van der Waals surface area contributed by atoms with Gasteiger partial charge in [0.15, 0.2) is 0 Å². The average molecular weight is 638 g/mol. The molecule has 11 nitrogen and oxygen atoms in total. The lowest BCUT2D eigenvalue weighted by Crippen LogP contribution is -2.53. The molecule has 0 radical (unpaired) electrons. The van der Waals surface area contributed by atoms with E-state index in [0.29, 0.717) is 58.4 Å². The zero-order valence-corrected chi connectivity index (χ0v) is 26.2. The molecule has 3 aromatic rings. The number of nitrogens with zero attached hydrogens (tertiary/aromatic N) is 7. The van der Waals surface area contributed by atoms with Gasteiger partial charge in [0.25, 0.3) is 0 Å². The third-order valence-electron chi connectivity index (χ3n) is 8.31. The Kier molecular flexibility index (Phi) is 8.53. The maximum Gasteiger partial charge on any atom is 0.330 e. The predicted molar refractivity (Wildman–Crippen MR) is 174 cm³/mol. The van der Waals surface area contributed by atoms with E-state index < -0.39 is 0 Å². The van der Waals surface area contributed by atoms with Crippen molar-refractivity contribution in [1.82, 2.24) is 19.8 Å². The lowest BCUT2D eigenvalue weighted by atomic mass is 10.1. The minimum Gasteiger partial charge on any atom is -0.494 e. The van der Waals surface area contributed by atoms with Crippen LogP contribution in [-0.4, -0.2) is 91.2 Å². The van der Waals surface area contributed by atoms with Gasteiger partial charge < -0.3 is 24.8 Å². The molecule has 2 aromatic carbocycles. The molecule has 1 aromatic heterocycles. The number of benzene rings is 2. The fraction of sp³-hybridized carbons (Fsp3) is 0.355. The minimum absolute atomic E-state index is 0.173. The molecule has 230 valence electrons. The maximum absolute atomic E-state index is 14.2. The Balaban J connectivity index is 1.32. The molecule has 3 aliphatic rings. The lowest BCUT2D eigenvalue weighted by molar-refractivity contribution is -0.125. The highest BCUT2D eigenvalue weighted by Gasteiger charge is 2.41. The third kappa shape index (κ3) is 5.99. The summed E-state index contributed by atoms with van der Waals surface area (Å²) in [6.45, 7) is 8.60. The molecule has 3 amide bonds. The first-order valence-corrected chi connectivity index (χ1v) is 15.2. The van der Waals surface area contributed by atoms with Gasteiger partial charge in [0, 0.05) is 78.5 Å². The molecule has 3 aliphatic heterocycles. The summed E-state index contributed by atoms with van der Waals surface area (Å²) < 4.78 is 5.74. The van der Waals surface area contributed by atoms with E-state index in [0.717, 1.165) is 37.4 Å². The SMILES string of the molecule is C=CC(=O)N1CC[C@H](N2C(=O)N(c3cc(Cl)cc(Cl)c3)Cc3cnc(Nc4ccc(N5CCN(C)CC5)cc4OC)nc32)C1. The number of hydrogen-bond donors (Lipinski definition) is 1. The molecular formula is C31H34Cl2N8O3. The summed E-state index contributed by atoms with van der Waals surface area (Å²) in [5, 5.41) is 4.13. The van der Waals surface area contributed by atoms with E-state index >= 15 is 0 Å². The van der Waals surface area contributed by atoms with Gasteiger partial charge in [0.05, 0.1) is 25.4 Å². The zero-order chi connectivity index (χ0) is 31.0. The molecule has 0 unspecified atom stereocenters. The van der Waals surface area contributed by atoms with Crippen LogP contribution in [0.15, 0.2) is 55.3 Å². The van der Waals surface area contributed by atoms with Crippen molar-refractivity contribution in [3.63, 3.8) is 0 Å². The number of likely N-dealkylation sites (N-methyl/N-ethyl adjacent to an activating group) is 1. The summed E-state index contributed by atoms with van der Waals surface area (Å²) in [5.74, 6) is 1.30. The molecule has 0 aliphatic carbocycles. The van der Waals surface area contributed by atoms with Gasteiger partial charge in [-0.3, -0.25) is 14.6 Å². The number of urea groups is 1. The van der Waals surface area contributed by atoms with Crippen LogP contribution in [0.2, 0.25) is 10.0 Å². The van der Waals surface area contributed by atoms with Crippen molar-refractivity contribution in [1.29, 1.82) is 0 Å². The van der Waals surface area contributed by atoms with Crippen LogP contribution in [0.3, 0.4) is 0 Å². The predicted octanol–water partition coefficient (Wildman–Crippen LogP) is 5.02. The number of likely N-dealkylation sites (tertiary alicyclic amines) is 1. The van der Waals surface area contributed by atoms with Crippen molar-refractivity contribution in [3.8, 4) is 5.75 Å². The molecule has 0 bridgehead atoms. The summed E-state index contributed by atoms with van der Waals surface area (Å²) in [5.41, 5.74) is 3.10. The van der Waals surface area contributed by atoms with Crippen LogP contribution in [-0.2, 0) is 11.3 Å². The molecule has 1 N–H and O–H groups in total. The van der Waals surface area contributed by atoms with E-state index in [4.69, 9.17) is 32.9 Å². The van der Waals surface area contributed by atoms with Crippen molar-refractivity contribution in [2.75, 3.05) is 73.4 Å². The molecule has 4 heterocycles. The summed E-state index contributed by atoms with van der Waals surface area (Å²) >= 11 is 12.6. The summed E-state index contributed by atoms with van der Waals surface area (Å²) in [7, 11) is 3.77. The number of piperazine rings is 1. The largest absolute Gasteiger partial charge is 0.494 e. The normalized spacial score (nSPS) is 18.8. The summed E-state index contributed by atoms with van der Waals surface area (Å²) in [6, 6.07) is 10.5. The molecule has 0 saturated carbocycles.